The third kappa shape index (κ3) is 7.39. The highest BCUT2D eigenvalue weighted by Crippen LogP contribution is 2.33. The average molecular weight is 503 g/mol. The summed E-state index contributed by atoms with van der Waals surface area (Å²) in [6, 6.07) is 18.6. The minimum atomic E-state index is -0.488. The molecule has 3 nitrogen and oxygen atoms in total. The number of aryl methyl sites for hydroxylation is 2. The molecule has 0 radical (unpaired) electrons. The van der Waals surface area contributed by atoms with E-state index in [1.54, 1.807) is 13.0 Å². The van der Waals surface area contributed by atoms with Crippen LogP contribution in [0, 0.1) is 5.82 Å². The van der Waals surface area contributed by atoms with E-state index in [4.69, 9.17) is 4.74 Å². The third-order valence-corrected chi connectivity index (χ3v) is 6.79. The van der Waals surface area contributed by atoms with E-state index in [2.05, 4.69) is 56.8 Å². The van der Waals surface area contributed by atoms with E-state index >= 15 is 4.39 Å². The molecule has 4 heteroatoms. The Bertz CT molecular complexity index is 1210. The van der Waals surface area contributed by atoms with Gasteiger partial charge in [0.1, 0.15) is 5.82 Å². The summed E-state index contributed by atoms with van der Waals surface area (Å²) in [5.74, 6) is -0.819. The summed E-state index contributed by atoms with van der Waals surface area (Å²) in [5, 5.41) is 9.47. The van der Waals surface area contributed by atoms with Crippen molar-refractivity contribution < 1.29 is 19.0 Å². The molecule has 0 atom stereocenters. The summed E-state index contributed by atoms with van der Waals surface area (Å²) in [4.78, 5) is 11.8. The average Bonchev–Trinajstić information content (AvgIpc) is 2.90. The van der Waals surface area contributed by atoms with Crippen LogP contribution in [-0.4, -0.2) is 24.3 Å². The van der Waals surface area contributed by atoms with Crippen molar-refractivity contribution in [3.05, 3.63) is 94.8 Å². The van der Waals surface area contributed by atoms with Crippen molar-refractivity contribution in [2.75, 3.05) is 13.2 Å². The van der Waals surface area contributed by atoms with Gasteiger partial charge in [0.05, 0.1) is 6.61 Å². The Morgan fingerprint density at radius 1 is 0.892 bits per heavy atom. The van der Waals surface area contributed by atoms with Crippen molar-refractivity contribution in [1.82, 2.24) is 0 Å². The monoisotopic (exact) mass is 502 g/mol. The van der Waals surface area contributed by atoms with Gasteiger partial charge in [-0.15, -0.1) is 0 Å². The van der Waals surface area contributed by atoms with Crippen LogP contribution in [0.2, 0.25) is 0 Å². The van der Waals surface area contributed by atoms with Crippen LogP contribution in [0.4, 0.5) is 4.39 Å². The molecule has 0 unspecified atom stereocenters. The molecule has 0 aliphatic heterocycles. The zero-order chi connectivity index (χ0) is 26.8. The molecule has 0 aromatic heterocycles. The Morgan fingerprint density at radius 3 is 2.24 bits per heavy atom. The Morgan fingerprint density at radius 2 is 1.59 bits per heavy atom. The highest BCUT2D eigenvalue weighted by atomic mass is 19.1. The van der Waals surface area contributed by atoms with Gasteiger partial charge < -0.3 is 9.84 Å². The zero-order valence-electron chi connectivity index (χ0n) is 22.4. The molecule has 0 saturated heterocycles. The van der Waals surface area contributed by atoms with Crippen molar-refractivity contribution in [2.45, 2.75) is 65.7 Å². The Labute approximate surface area is 221 Å². The van der Waals surface area contributed by atoms with Crippen molar-refractivity contribution >= 4 is 5.97 Å². The van der Waals surface area contributed by atoms with E-state index in [-0.39, 0.29) is 25.5 Å². The fourth-order valence-electron chi connectivity index (χ4n) is 4.64. The number of hydrogen-bond donors (Lipinski definition) is 1. The highest BCUT2D eigenvalue weighted by molar-refractivity contribution is 5.86. The topological polar surface area (TPSA) is 46.5 Å². The lowest BCUT2D eigenvalue weighted by Crippen LogP contribution is -2.11. The Balaban J connectivity index is 1.89. The minimum absolute atomic E-state index is 0.0537. The zero-order valence-corrected chi connectivity index (χ0v) is 22.4. The van der Waals surface area contributed by atoms with Gasteiger partial charge in [0.15, 0.2) is 0 Å². The normalized spacial score (nSPS) is 10.9. The van der Waals surface area contributed by atoms with Gasteiger partial charge in [-0.05, 0) is 71.6 Å². The van der Waals surface area contributed by atoms with Crippen molar-refractivity contribution in [3.8, 4) is 22.3 Å². The smallest absolute Gasteiger partial charge is 0.333 e. The SMILES string of the molecule is C=C(C)C(=O)OCCc1c(CCO)ccc(-c2ccc(-c3ccc(CCCCC)cc3)c(CC)c2)c1F. The maximum atomic E-state index is 15.8. The maximum Gasteiger partial charge on any atom is 0.333 e. The molecule has 1 N–H and O–H groups in total. The van der Waals surface area contributed by atoms with Crippen LogP contribution in [0.15, 0.2) is 66.7 Å². The Kier molecular flexibility index (Phi) is 10.6. The molecule has 3 rings (SSSR count). The molecule has 0 heterocycles. The summed E-state index contributed by atoms with van der Waals surface area (Å²) in [7, 11) is 0. The molecule has 0 amide bonds. The van der Waals surface area contributed by atoms with E-state index < -0.39 is 5.97 Å². The van der Waals surface area contributed by atoms with Gasteiger partial charge in [0, 0.05) is 24.2 Å². The summed E-state index contributed by atoms with van der Waals surface area (Å²) < 4.78 is 21.0. The van der Waals surface area contributed by atoms with Crippen LogP contribution >= 0.6 is 0 Å². The van der Waals surface area contributed by atoms with Gasteiger partial charge in [0.25, 0.3) is 0 Å². The number of benzene rings is 3. The van der Waals surface area contributed by atoms with Crippen LogP contribution < -0.4 is 0 Å². The summed E-state index contributed by atoms with van der Waals surface area (Å²) in [6.45, 7) is 9.47. The van der Waals surface area contributed by atoms with E-state index in [1.165, 1.54) is 30.4 Å². The molecule has 0 bridgehead atoms. The predicted octanol–water partition coefficient (Wildman–Crippen LogP) is 7.65. The van der Waals surface area contributed by atoms with E-state index in [9.17, 15) is 9.90 Å². The first kappa shape index (κ1) is 28.3. The molecule has 0 fully saturated rings. The number of aliphatic hydroxyl groups excluding tert-OH is 1. The number of ether oxygens (including phenoxy) is 1. The highest BCUT2D eigenvalue weighted by Gasteiger charge is 2.17. The number of hydrogen-bond acceptors (Lipinski definition) is 3. The molecule has 0 saturated carbocycles. The largest absolute Gasteiger partial charge is 0.462 e. The molecule has 3 aromatic carbocycles. The number of carbonyl (C=O) groups excluding carboxylic acids is 1. The molecule has 0 aliphatic carbocycles. The second kappa shape index (κ2) is 13.9. The van der Waals surface area contributed by atoms with Gasteiger partial charge >= 0.3 is 5.97 Å². The second-order valence-corrected chi connectivity index (χ2v) is 9.58. The molecule has 3 aromatic rings. The van der Waals surface area contributed by atoms with E-state index in [1.807, 2.05) is 12.1 Å². The van der Waals surface area contributed by atoms with Gasteiger partial charge in [-0.1, -0.05) is 87.9 Å². The number of halogens is 1. The van der Waals surface area contributed by atoms with E-state index in [0.717, 1.165) is 35.1 Å². The summed E-state index contributed by atoms with van der Waals surface area (Å²) in [6.07, 6.45) is 6.20. The maximum absolute atomic E-state index is 15.8. The molecular formula is C33H39FO3. The first-order valence-electron chi connectivity index (χ1n) is 13.4. The lowest BCUT2D eigenvalue weighted by Gasteiger charge is -2.16. The number of aliphatic hydroxyl groups is 1. The lowest BCUT2D eigenvalue weighted by molar-refractivity contribution is -0.138. The molecule has 0 aliphatic rings. The van der Waals surface area contributed by atoms with Crippen molar-refractivity contribution in [2.24, 2.45) is 0 Å². The van der Waals surface area contributed by atoms with Crippen LogP contribution in [0.1, 0.15) is 62.3 Å². The van der Waals surface area contributed by atoms with Crippen LogP contribution in [0.5, 0.6) is 0 Å². The molecule has 0 spiro atoms. The quantitative estimate of drug-likeness (QED) is 0.148. The van der Waals surface area contributed by atoms with Crippen LogP contribution in [0.3, 0.4) is 0 Å². The van der Waals surface area contributed by atoms with Gasteiger partial charge in [-0.25, -0.2) is 9.18 Å². The first-order valence-corrected chi connectivity index (χ1v) is 13.4. The van der Waals surface area contributed by atoms with Gasteiger partial charge in [-0.2, -0.15) is 0 Å². The van der Waals surface area contributed by atoms with Gasteiger partial charge in [-0.3, -0.25) is 0 Å². The fourth-order valence-corrected chi connectivity index (χ4v) is 4.64. The van der Waals surface area contributed by atoms with Crippen LogP contribution in [-0.2, 0) is 35.2 Å². The number of esters is 1. The van der Waals surface area contributed by atoms with Gasteiger partial charge in [0.2, 0.25) is 0 Å². The van der Waals surface area contributed by atoms with Crippen molar-refractivity contribution in [1.29, 1.82) is 0 Å². The lowest BCUT2D eigenvalue weighted by atomic mass is 9.90. The Hall–Kier alpha value is -3.24. The molecular weight excluding hydrogens is 463 g/mol. The summed E-state index contributed by atoms with van der Waals surface area (Å²) >= 11 is 0. The number of carbonyl (C=O) groups is 1. The fraction of sp³-hybridized carbons (Fsp3) is 0.364. The van der Waals surface area contributed by atoms with Crippen molar-refractivity contribution in [3.63, 3.8) is 0 Å². The molecule has 196 valence electrons. The summed E-state index contributed by atoms with van der Waals surface area (Å²) in [5.41, 5.74) is 7.68. The standard InChI is InChI=1S/C33H39FO3/c1-5-7-8-9-24-10-12-26(13-11-24)29-16-15-28(22-25(29)6-2)30-17-14-27(18-20-35)31(32(30)34)19-21-37-33(36)23(3)4/h10-17,22,35H,3,5-9,18-21H2,1-2,4H3. The number of rotatable bonds is 13. The predicted molar refractivity (Wildman–Crippen MR) is 150 cm³/mol. The minimum Gasteiger partial charge on any atom is -0.462 e. The molecule has 37 heavy (non-hydrogen) atoms. The van der Waals surface area contributed by atoms with Crippen LogP contribution in [0.25, 0.3) is 22.3 Å². The first-order chi connectivity index (χ1) is 17.9. The third-order valence-electron chi connectivity index (χ3n) is 6.79. The number of unbranched alkanes of at least 4 members (excludes halogenated alkanes) is 2. The van der Waals surface area contributed by atoms with E-state index in [0.29, 0.717) is 23.1 Å². The second-order valence-electron chi connectivity index (χ2n) is 9.58.